The lowest BCUT2D eigenvalue weighted by Gasteiger charge is -2.29. The van der Waals surface area contributed by atoms with Gasteiger partial charge in [-0.2, -0.15) is 0 Å². The largest absolute Gasteiger partial charge is 0.462 e. The molecule has 0 radical (unpaired) electrons. The summed E-state index contributed by atoms with van der Waals surface area (Å²) in [4.78, 5) is 24.1. The van der Waals surface area contributed by atoms with E-state index in [1.54, 1.807) is 6.92 Å². The first kappa shape index (κ1) is 32.3. The molecule has 1 unspecified atom stereocenters. The first-order valence-electron chi connectivity index (χ1n) is 15.3. The Labute approximate surface area is 246 Å². The Morgan fingerprint density at radius 1 is 0.927 bits per heavy atom. The fraction of sp³-hybridized carbons (Fsp3) is 0.500. The molecule has 0 heterocycles. The van der Waals surface area contributed by atoms with Gasteiger partial charge >= 0.3 is 11.9 Å². The van der Waals surface area contributed by atoms with Gasteiger partial charge in [-0.05, 0) is 78.7 Å². The van der Waals surface area contributed by atoms with Crippen molar-refractivity contribution in [3.63, 3.8) is 0 Å². The molecule has 1 saturated carbocycles. The van der Waals surface area contributed by atoms with Crippen molar-refractivity contribution in [2.75, 3.05) is 19.8 Å². The minimum absolute atomic E-state index is 0.00354. The number of carbonyl (C=O) groups is 2. The molecule has 2 aromatic carbocycles. The summed E-state index contributed by atoms with van der Waals surface area (Å²) in [7, 11) is 0. The molecule has 41 heavy (non-hydrogen) atoms. The van der Waals surface area contributed by atoms with E-state index in [0.717, 1.165) is 23.5 Å². The van der Waals surface area contributed by atoms with Crippen LogP contribution in [0, 0.1) is 5.92 Å². The number of aliphatic hydroxyl groups is 1. The van der Waals surface area contributed by atoms with Crippen LogP contribution < -0.4 is 0 Å². The molecule has 0 spiro atoms. The highest BCUT2D eigenvalue weighted by molar-refractivity contribution is 5.88. The van der Waals surface area contributed by atoms with Gasteiger partial charge in [-0.15, -0.1) is 0 Å². The summed E-state index contributed by atoms with van der Waals surface area (Å²) in [6.07, 6.45) is 11.7. The molecule has 222 valence electrons. The van der Waals surface area contributed by atoms with Crippen LogP contribution in [0.4, 0.5) is 0 Å². The molecule has 5 nitrogen and oxygen atoms in total. The molecule has 1 aliphatic rings. The third-order valence-electron chi connectivity index (χ3n) is 8.40. The smallest absolute Gasteiger partial charge is 0.335 e. The standard InChI is InChI=1S/C36H48O5/c1-6-8-9-10-27-11-13-29(14-12-27)32-19-20-34(28(7-2)21-32)31-17-15-30(16-18-31)33(23-40-35(38)25(3)4)24-41-36(39)26(5)22-37/h15-21,27,29,33,37H,3,5-14,22-24H2,1-2,4H3. The summed E-state index contributed by atoms with van der Waals surface area (Å²) < 4.78 is 10.7. The van der Waals surface area contributed by atoms with Gasteiger partial charge in [-0.3, -0.25) is 0 Å². The van der Waals surface area contributed by atoms with E-state index in [2.05, 4.69) is 57.3 Å². The molecule has 1 fully saturated rings. The van der Waals surface area contributed by atoms with E-state index in [-0.39, 0.29) is 24.7 Å². The number of hydrogen-bond acceptors (Lipinski definition) is 5. The van der Waals surface area contributed by atoms with Gasteiger partial charge < -0.3 is 14.6 Å². The first-order valence-corrected chi connectivity index (χ1v) is 15.3. The average Bonchev–Trinajstić information content (AvgIpc) is 3.00. The summed E-state index contributed by atoms with van der Waals surface area (Å²) in [5, 5.41) is 9.16. The molecule has 3 rings (SSSR count). The van der Waals surface area contributed by atoms with Crippen molar-refractivity contribution >= 4 is 11.9 Å². The molecule has 1 N–H and O–H groups in total. The number of carbonyl (C=O) groups excluding carboxylic acids is 2. The second kappa shape index (κ2) is 16.3. The highest BCUT2D eigenvalue weighted by atomic mass is 16.5. The van der Waals surface area contributed by atoms with E-state index in [4.69, 9.17) is 14.6 Å². The number of aliphatic hydroxyl groups excluding tert-OH is 1. The third-order valence-corrected chi connectivity index (χ3v) is 8.40. The Balaban J connectivity index is 1.72. The maximum absolute atomic E-state index is 12.1. The molecule has 0 aliphatic heterocycles. The van der Waals surface area contributed by atoms with Crippen LogP contribution in [0.15, 0.2) is 66.8 Å². The summed E-state index contributed by atoms with van der Waals surface area (Å²) >= 11 is 0. The Hall–Kier alpha value is -3.18. The van der Waals surface area contributed by atoms with Crippen molar-refractivity contribution in [3.05, 3.63) is 83.5 Å². The molecule has 1 atom stereocenters. The van der Waals surface area contributed by atoms with Crippen molar-refractivity contribution in [2.24, 2.45) is 5.92 Å². The molecule has 0 saturated heterocycles. The highest BCUT2D eigenvalue weighted by Gasteiger charge is 2.23. The van der Waals surface area contributed by atoms with E-state index in [0.29, 0.717) is 11.5 Å². The summed E-state index contributed by atoms with van der Waals surface area (Å²) in [5.41, 5.74) is 6.35. The first-order chi connectivity index (χ1) is 19.8. The van der Waals surface area contributed by atoms with E-state index in [9.17, 15) is 9.59 Å². The van der Waals surface area contributed by atoms with Crippen LogP contribution in [-0.2, 0) is 25.5 Å². The fourth-order valence-electron chi connectivity index (χ4n) is 5.73. The molecular formula is C36H48O5. The zero-order valence-electron chi connectivity index (χ0n) is 25.3. The minimum Gasteiger partial charge on any atom is -0.462 e. The lowest BCUT2D eigenvalue weighted by molar-refractivity contribution is -0.142. The van der Waals surface area contributed by atoms with Gasteiger partial charge in [-0.1, -0.05) is 95.2 Å². The maximum atomic E-state index is 12.1. The zero-order chi connectivity index (χ0) is 29.8. The molecule has 0 aromatic heterocycles. The number of hydrogen-bond donors (Lipinski definition) is 1. The minimum atomic E-state index is -0.669. The van der Waals surface area contributed by atoms with Gasteiger partial charge in [0, 0.05) is 5.57 Å². The van der Waals surface area contributed by atoms with Crippen LogP contribution >= 0.6 is 0 Å². The summed E-state index contributed by atoms with van der Waals surface area (Å²) in [6, 6.07) is 15.1. The van der Waals surface area contributed by atoms with E-state index in [1.807, 2.05) is 12.1 Å². The number of ether oxygens (including phenoxy) is 2. The average molecular weight is 561 g/mol. The van der Waals surface area contributed by atoms with Gasteiger partial charge in [0.2, 0.25) is 0 Å². The van der Waals surface area contributed by atoms with Crippen molar-refractivity contribution in [1.29, 1.82) is 0 Å². The molecule has 5 heteroatoms. The predicted molar refractivity (Wildman–Crippen MR) is 166 cm³/mol. The lowest BCUT2D eigenvalue weighted by Crippen LogP contribution is -2.21. The van der Waals surface area contributed by atoms with Gasteiger partial charge in [-0.25, -0.2) is 9.59 Å². The maximum Gasteiger partial charge on any atom is 0.335 e. The van der Waals surface area contributed by atoms with Gasteiger partial charge in [0.25, 0.3) is 0 Å². The number of benzene rings is 2. The van der Waals surface area contributed by atoms with Gasteiger partial charge in [0.1, 0.15) is 13.2 Å². The van der Waals surface area contributed by atoms with Crippen LogP contribution in [0.3, 0.4) is 0 Å². The van der Waals surface area contributed by atoms with Crippen molar-refractivity contribution in [3.8, 4) is 11.1 Å². The number of rotatable bonds is 15. The quantitative estimate of drug-likeness (QED) is 0.135. The molecule has 0 bridgehead atoms. The number of esters is 2. The Morgan fingerprint density at radius 2 is 1.59 bits per heavy atom. The second-order valence-corrected chi connectivity index (χ2v) is 11.5. The molecule has 1 aliphatic carbocycles. The van der Waals surface area contributed by atoms with E-state index in [1.165, 1.54) is 68.1 Å². The van der Waals surface area contributed by atoms with E-state index >= 15 is 0 Å². The fourth-order valence-corrected chi connectivity index (χ4v) is 5.73. The monoisotopic (exact) mass is 560 g/mol. The van der Waals surface area contributed by atoms with Crippen LogP contribution in [0.25, 0.3) is 11.1 Å². The highest BCUT2D eigenvalue weighted by Crippen LogP contribution is 2.39. The van der Waals surface area contributed by atoms with Crippen molar-refractivity contribution in [2.45, 2.75) is 90.4 Å². The SMILES string of the molecule is C=C(C)C(=O)OCC(COC(=O)C(=C)CO)c1ccc(-c2ccc(C3CCC(CCCCC)CC3)cc2CC)cc1. The van der Waals surface area contributed by atoms with Gasteiger partial charge in [0.15, 0.2) is 0 Å². The molecule has 2 aromatic rings. The van der Waals surface area contributed by atoms with Crippen LogP contribution in [0.2, 0.25) is 0 Å². The van der Waals surface area contributed by atoms with Crippen LogP contribution in [-0.4, -0.2) is 36.9 Å². The van der Waals surface area contributed by atoms with Crippen molar-refractivity contribution in [1.82, 2.24) is 0 Å². The third kappa shape index (κ3) is 9.43. The van der Waals surface area contributed by atoms with Gasteiger partial charge in [0.05, 0.1) is 18.1 Å². The van der Waals surface area contributed by atoms with Crippen LogP contribution in [0.5, 0.6) is 0 Å². The summed E-state index contributed by atoms with van der Waals surface area (Å²) in [6.45, 7) is 12.8. The number of unbranched alkanes of at least 4 members (excludes halogenated alkanes) is 2. The Morgan fingerprint density at radius 3 is 2.17 bits per heavy atom. The normalized spacial score (nSPS) is 17.5. The summed E-state index contributed by atoms with van der Waals surface area (Å²) in [5.74, 6) is 0.0409. The van der Waals surface area contributed by atoms with Crippen molar-refractivity contribution < 1.29 is 24.2 Å². The Bertz CT molecular complexity index is 1170. The lowest BCUT2D eigenvalue weighted by atomic mass is 9.76. The predicted octanol–water partition coefficient (Wildman–Crippen LogP) is 8.06. The van der Waals surface area contributed by atoms with Crippen LogP contribution in [0.1, 0.15) is 101 Å². The van der Waals surface area contributed by atoms with E-state index < -0.39 is 18.5 Å². The molecule has 0 amide bonds. The Kier molecular flexibility index (Phi) is 12.9. The second-order valence-electron chi connectivity index (χ2n) is 11.5. The molecular weight excluding hydrogens is 512 g/mol. The zero-order valence-corrected chi connectivity index (χ0v) is 25.3. The topological polar surface area (TPSA) is 72.8 Å². The number of aryl methyl sites for hydroxylation is 1.